The van der Waals surface area contributed by atoms with Crippen LogP contribution in [0.5, 0.6) is 0 Å². The molecule has 3 aromatic rings. The molecule has 5 atom stereocenters. The zero-order valence-corrected chi connectivity index (χ0v) is 18.2. The summed E-state index contributed by atoms with van der Waals surface area (Å²) in [6.45, 7) is 3.61. The first-order valence-electron chi connectivity index (χ1n) is 11.0. The molecular formula is C27H28O5. The zero-order chi connectivity index (χ0) is 22.3. The van der Waals surface area contributed by atoms with Crippen molar-refractivity contribution in [3.8, 4) is 0 Å². The molecule has 32 heavy (non-hydrogen) atoms. The molecule has 0 aliphatic carbocycles. The van der Waals surface area contributed by atoms with E-state index < -0.39 is 41.9 Å². The number of hydrogen-bond acceptors (Lipinski definition) is 5. The van der Waals surface area contributed by atoms with Gasteiger partial charge in [-0.2, -0.15) is 0 Å². The molecule has 0 spiro atoms. The van der Waals surface area contributed by atoms with Gasteiger partial charge in [0, 0.05) is 0 Å². The highest BCUT2D eigenvalue weighted by atomic mass is 16.8. The van der Waals surface area contributed by atoms with Crippen LogP contribution in [0.3, 0.4) is 0 Å². The molecule has 0 bridgehead atoms. The Balaban J connectivity index is 1.72. The Bertz CT molecular complexity index is 941. The largest absolute Gasteiger partial charge is 0.389 e. The Hall–Kier alpha value is -2.54. The maximum absolute atomic E-state index is 12.2. The van der Waals surface area contributed by atoms with Crippen LogP contribution < -0.4 is 0 Å². The van der Waals surface area contributed by atoms with Gasteiger partial charge in [-0.3, -0.25) is 0 Å². The Labute approximate surface area is 188 Å². The first-order valence-corrected chi connectivity index (χ1v) is 11.0. The van der Waals surface area contributed by atoms with E-state index in [1.165, 1.54) is 0 Å². The lowest BCUT2D eigenvalue weighted by molar-refractivity contribution is -0.232. The summed E-state index contributed by atoms with van der Waals surface area (Å²) in [5, 5.41) is 22.8. The standard InChI is InChI=1S/C27H28O5/c1-26(2)31-21-22(30-25(29)23(21)32-26)24(28)27(18-12-6-3-7-13-18,19-14-8-4-9-15-19)20-16-10-5-11-17-20/h3-17,21-25,28-29H,1-2H3/t21-,22+,23-,24?,25?/m1/s1. The molecule has 2 aliphatic heterocycles. The molecule has 5 nitrogen and oxygen atoms in total. The van der Waals surface area contributed by atoms with Gasteiger partial charge < -0.3 is 24.4 Å². The first kappa shape index (κ1) is 21.3. The highest BCUT2D eigenvalue weighted by Gasteiger charge is 2.60. The van der Waals surface area contributed by atoms with Gasteiger partial charge in [-0.25, -0.2) is 0 Å². The molecule has 2 saturated heterocycles. The minimum atomic E-state index is -1.18. The fourth-order valence-electron chi connectivity index (χ4n) is 5.22. The summed E-state index contributed by atoms with van der Waals surface area (Å²) in [5.74, 6) is -0.868. The van der Waals surface area contributed by atoms with Gasteiger partial charge in [-0.05, 0) is 30.5 Å². The monoisotopic (exact) mass is 432 g/mol. The van der Waals surface area contributed by atoms with Crippen LogP contribution in [0, 0.1) is 0 Å². The van der Waals surface area contributed by atoms with Gasteiger partial charge in [0.2, 0.25) is 0 Å². The number of fused-ring (bicyclic) bond motifs is 1. The van der Waals surface area contributed by atoms with E-state index in [2.05, 4.69) is 0 Å². The molecule has 2 fully saturated rings. The minimum Gasteiger partial charge on any atom is -0.389 e. The van der Waals surface area contributed by atoms with Crippen molar-refractivity contribution in [3.05, 3.63) is 108 Å². The van der Waals surface area contributed by atoms with E-state index in [0.29, 0.717) is 0 Å². The third-order valence-corrected chi connectivity index (χ3v) is 6.51. The van der Waals surface area contributed by atoms with E-state index in [-0.39, 0.29) is 0 Å². The van der Waals surface area contributed by atoms with Gasteiger partial charge in [-0.15, -0.1) is 0 Å². The Morgan fingerprint density at radius 3 is 1.56 bits per heavy atom. The Morgan fingerprint density at radius 2 is 1.12 bits per heavy atom. The highest BCUT2D eigenvalue weighted by Crippen LogP contribution is 2.48. The molecule has 0 radical (unpaired) electrons. The number of hydrogen-bond donors (Lipinski definition) is 2. The molecule has 0 amide bonds. The molecule has 0 saturated carbocycles. The van der Waals surface area contributed by atoms with Crippen LogP contribution in [0.4, 0.5) is 0 Å². The topological polar surface area (TPSA) is 68.2 Å². The van der Waals surface area contributed by atoms with Crippen LogP contribution in [-0.4, -0.2) is 46.7 Å². The predicted octanol–water partition coefficient (Wildman–Crippen LogP) is 3.62. The van der Waals surface area contributed by atoms with E-state index in [0.717, 1.165) is 16.7 Å². The molecule has 0 aromatic heterocycles. The number of aliphatic hydroxyl groups is 2. The number of rotatable bonds is 5. The van der Waals surface area contributed by atoms with E-state index in [9.17, 15) is 10.2 Å². The first-order chi connectivity index (χ1) is 15.4. The van der Waals surface area contributed by atoms with Crippen LogP contribution in [0.15, 0.2) is 91.0 Å². The zero-order valence-electron chi connectivity index (χ0n) is 18.2. The third kappa shape index (κ3) is 3.38. The van der Waals surface area contributed by atoms with Crippen molar-refractivity contribution in [3.63, 3.8) is 0 Å². The maximum atomic E-state index is 12.2. The van der Waals surface area contributed by atoms with E-state index in [1.807, 2.05) is 91.0 Å². The van der Waals surface area contributed by atoms with Gasteiger partial charge in [0.15, 0.2) is 12.1 Å². The number of aliphatic hydroxyl groups excluding tert-OH is 2. The van der Waals surface area contributed by atoms with E-state index >= 15 is 0 Å². The Kier molecular flexibility index (Phi) is 5.40. The molecular weight excluding hydrogens is 404 g/mol. The second kappa shape index (κ2) is 8.10. The van der Waals surface area contributed by atoms with E-state index in [4.69, 9.17) is 14.2 Å². The average Bonchev–Trinajstić information content (AvgIpc) is 3.29. The van der Waals surface area contributed by atoms with Gasteiger partial charge >= 0.3 is 0 Å². The van der Waals surface area contributed by atoms with Gasteiger partial charge in [0.25, 0.3) is 0 Å². The van der Waals surface area contributed by atoms with Crippen LogP contribution in [0.2, 0.25) is 0 Å². The molecule has 5 heteroatoms. The van der Waals surface area contributed by atoms with Gasteiger partial charge in [0.05, 0.1) is 5.41 Å². The average molecular weight is 433 g/mol. The second-order valence-electron chi connectivity index (χ2n) is 8.91. The van der Waals surface area contributed by atoms with Crippen molar-refractivity contribution in [1.29, 1.82) is 0 Å². The summed E-state index contributed by atoms with van der Waals surface area (Å²) in [5.41, 5.74) is 1.80. The summed E-state index contributed by atoms with van der Waals surface area (Å²) in [6, 6.07) is 29.8. The third-order valence-electron chi connectivity index (χ3n) is 6.51. The molecule has 5 rings (SSSR count). The lowest BCUT2D eigenvalue weighted by Gasteiger charge is -2.43. The molecule has 2 aliphatic rings. The van der Waals surface area contributed by atoms with Gasteiger partial charge in [0.1, 0.15) is 24.4 Å². The highest BCUT2D eigenvalue weighted by molar-refractivity contribution is 5.52. The van der Waals surface area contributed by atoms with Crippen molar-refractivity contribution in [2.75, 3.05) is 0 Å². The van der Waals surface area contributed by atoms with Crippen LogP contribution in [0.25, 0.3) is 0 Å². The summed E-state index contributed by atoms with van der Waals surface area (Å²) < 4.78 is 17.9. The Morgan fingerprint density at radius 1 is 0.719 bits per heavy atom. The van der Waals surface area contributed by atoms with Crippen LogP contribution in [0.1, 0.15) is 30.5 Å². The van der Waals surface area contributed by atoms with Crippen LogP contribution in [-0.2, 0) is 19.6 Å². The second-order valence-corrected chi connectivity index (χ2v) is 8.91. The lowest BCUT2D eigenvalue weighted by Crippen LogP contribution is -2.52. The fourth-order valence-corrected chi connectivity index (χ4v) is 5.22. The SMILES string of the molecule is CC1(C)O[C@@H]2[C@@H](C(O)C(c3ccccc3)(c3ccccc3)c3ccccc3)OC(O)[C@@H]2O1. The molecule has 2 heterocycles. The van der Waals surface area contributed by atoms with Crippen molar-refractivity contribution in [1.82, 2.24) is 0 Å². The normalized spacial score (nSPS) is 27.8. The molecule has 166 valence electrons. The lowest BCUT2D eigenvalue weighted by atomic mass is 9.64. The molecule has 2 unspecified atom stereocenters. The molecule has 2 N–H and O–H groups in total. The van der Waals surface area contributed by atoms with Crippen molar-refractivity contribution in [2.45, 2.75) is 55.8 Å². The molecule has 3 aromatic carbocycles. The summed E-state index contributed by atoms with van der Waals surface area (Å²) in [6.07, 6.45) is -4.33. The summed E-state index contributed by atoms with van der Waals surface area (Å²) in [4.78, 5) is 0. The minimum absolute atomic E-state index is 0.606. The predicted molar refractivity (Wildman–Crippen MR) is 120 cm³/mol. The quantitative estimate of drug-likeness (QED) is 0.603. The van der Waals surface area contributed by atoms with Gasteiger partial charge in [-0.1, -0.05) is 91.0 Å². The summed E-state index contributed by atoms with van der Waals surface area (Å²) in [7, 11) is 0. The van der Waals surface area contributed by atoms with Crippen molar-refractivity contribution >= 4 is 0 Å². The fraction of sp³-hybridized carbons (Fsp3) is 0.333. The van der Waals surface area contributed by atoms with Crippen molar-refractivity contribution in [2.24, 2.45) is 0 Å². The number of benzene rings is 3. The maximum Gasteiger partial charge on any atom is 0.184 e. The summed E-state index contributed by atoms with van der Waals surface area (Å²) >= 11 is 0. The van der Waals surface area contributed by atoms with Crippen LogP contribution >= 0.6 is 0 Å². The van der Waals surface area contributed by atoms with Crippen molar-refractivity contribution < 1.29 is 24.4 Å². The number of ether oxygens (including phenoxy) is 3. The smallest absolute Gasteiger partial charge is 0.184 e. The van der Waals surface area contributed by atoms with E-state index in [1.54, 1.807) is 13.8 Å².